The van der Waals surface area contributed by atoms with Gasteiger partial charge in [0.2, 0.25) is 0 Å². The number of hydrogen-bond acceptors (Lipinski definition) is 3. The van der Waals surface area contributed by atoms with Gasteiger partial charge in [0.15, 0.2) is 0 Å². The molecule has 0 saturated carbocycles. The Morgan fingerprint density at radius 1 is 1.33 bits per heavy atom. The Hall–Kier alpha value is -1.06. The zero-order chi connectivity index (χ0) is 11.1. The van der Waals surface area contributed by atoms with E-state index in [9.17, 15) is 0 Å². The molecule has 0 bridgehead atoms. The summed E-state index contributed by atoms with van der Waals surface area (Å²) in [6, 6.07) is 6.09. The molecule has 0 aliphatic carbocycles. The Bertz CT molecular complexity index is 300. The lowest BCUT2D eigenvalue weighted by Crippen LogP contribution is -2.08. The first-order valence-corrected chi connectivity index (χ1v) is 5.28. The highest BCUT2D eigenvalue weighted by Gasteiger charge is 2.00. The third-order valence-electron chi connectivity index (χ3n) is 2.07. The second kappa shape index (κ2) is 6.43. The van der Waals surface area contributed by atoms with Crippen molar-refractivity contribution in [1.82, 2.24) is 0 Å². The molecule has 84 valence electrons. The second-order valence-corrected chi connectivity index (χ2v) is 3.37. The van der Waals surface area contributed by atoms with Gasteiger partial charge in [-0.1, -0.05) is 12.1 Å². The molecule has 1 aromatic carbocycles. The van der Waals surface area contributed by atoms with E-state index in [1.165, 1.54) is 0 Å². The molecule has 0 fully saturated rings. The summed E-state index contributed by atoms with van der Waals surface area (Å²) < 4.78 is 10.8. The summed E-state index contributed by atoms with van der Waals surface area (Å²) >= 11 is 0. The van der Waals surface area contributed by atoms with Crippen LogP contribution in [-0.4, -0.2) is 19.8 Å². The quantitative estimate of drug-likeness (QED) is 0.727. The molecule has 0 atom stereocenters. The molecule has 0 heterocycles. The summed E-state index contributed by atoms with van der Waals surface area (Å²) in [4.78, 5) is 0. The van der Waals surface area contributed by atoms with Gasteiger partial charge in [-0.25, -0.2) is 0 Å². The molecule has 1 rings (SSSR count). The molecule has 15 heavy (non-hydrogen) atoms. The van der Waals surface area contributed by atoms with E-state index in [1.54, 1.807) is 0 Å². The number of rotatable bonds is 6. The summed E-state index contributed by atoms with van der Waals surface area (Å²) in [5.74, 6) is 0.945. The third kappa shape index (κ3) is 3.90. The van der Waals surface area contributed by atoms with Gasteiger partial charge in [-0.05, 0) is 31.0 Å². The van der Waals surface area contributed by atoms with Crippen LogP contribution in [-0.2, 0) is 11.3 Å². The number of ether oxygens (including phenoxy) is 2. The van der Waals surface area contributed by atoms with Crippen LogP contribution in [0.15, 0.2) is 18.2 Å². The van der Waals surface area contributed by atoms with E-state index in [1.807, 2.05) is 26.0 Å². The molecule has 0 aliphatic heterocycles. The van der Waals surface area contributed by atoms with Crippen molar-refractivity contribution < 1.29 is 9.47 Å². The van der Waals surface area contributed by atoms with E-state index in [0.29, 0.717) is 26.4 Å². The molecule has 3 heteroatoms. The molecule has 0 aromatic heterocycles. The van der Waals surface area contributed by atoms with Crippen LogP contribution in [0.3, 0.4) is 0 Å². The topological polar surface area (TPSA) is 44.5 Å². The van der Waals surface area contributed by atoms with Gasteiger partial charge >= 0.3 is 0 Å². The molecular weight excluding hydrogens is 190 g/mol. The summed E-state index contributed by atoms with van der Waals surface area (Å²) in [6.45, 7) is 6.51. The van der Waals surface area contributed by atoms with Crippen molar-refractivity contribution in [2.75, 3.05) is 19.8 Å². The summed E-state index contributed by atoms with van der Waals surface area (Å²) in [5.41, 5.74) is 7.64. The lowest BCUT2D eigenvalue weighted by molar-refractivity contribution is 0.128. The van der Waals surface area contributed by atoms with Crippen LogP contribution >= 0.6 is 0 Å². The highest BCUT2D eigenvalue weighted by Crippen LogP contribution is 2.19. The van der Waals surface area contributed by atoms with E-state index in [-0.39, 0.29) is 0 Å². The minimum Gasteiger partial charge on any atom is -0.494 e. The SMILES string of the molecule is CCOc1ccc(COCCN)cc1C. The van der Waals surface area contributed by atoms with Crippen LogP contribution < -0.4 is 10.5 Å². The van der Waals surface area contributed by atoms with Crippen molar-refractivity contribution in [1.29, 1.82) is 0 Å². The molecule has 0 radical (unpaired) electrons. The normalized spacial score (nSPS) is 10.3. The Kier molecular flexibility index (Phi) is 5.15. The minimum absolute atomic E-state index is 0.565. The van der Waals surface area contributed by atoms with Gasteiger partial charge in [0.25, 0.3) is 0 Å². The first-order valence-electron chi connectivity index (χ1n) is 5.28. The van der Waals surface area contributed by atoms with Crippen molar-refractivity contribution in [3.05, 3.63) is 29.3 Å². The number of nitrogens with two attached hydrogens (primary N) is 1. The molecule has 0 saturated heterocycles. The van der Waals surface area contributed by atoms with Gasteiger partial charge in [0.1, 0.15) is 5.75 Å². The number of hydrogen-bond donors (Lipinski definition) is 1. The highest BCUT2D eigenvalue weighted by molar-refractivity contribution is 5.35. The minimum atomic E-state index is 0.565. The van der Waals surface area contributed by atoms with Crippen LogP contribution in [0, 0.1) is 6.92 Å². The fraction of sp³-hybridized carbons (Fsp3) is 0.500. The molecule has 1 aromatic rings. The maximum atomic E-state index is 5.46. The molecule has 2 N–H and O–H groups in total. The lowest BCUT2D eigenvalue weighted by Gasteiger charge is -2.09. The number of aryl methyl sites for hydroxylation is 1. The van der Waals surface area contributed by atoms with E-state index in [0.717, 1.165) is 16.9 Å². The standard InChI is InChI=1S/C12H19NO2/c1-3-15-12-5-4-11(8-10(12)2)9-14-7-6-13/h4-5,8H,3,6-7,9,13H2,1-2H3. The maximum Gasteiger partial charge on any atom is 0.122 e. The van der Waals surface area contributed by atoms with Crippen molar-refractivity contribution in [3.8, 4) is 5.75 Å². The molecule has 0 amide bonds. The van der Waals surface area contributed by atoms with Crippen molar-refractivity contribution in [2.45, 2.75) is 20.5 Å². The van der Waals surface area contributed by atoms with Gasteiger partial charge < -0.3 is 15.2 Å². The van der Waals surface area contributed by atoms with Crippen molar-refractivity contribution in [3.63, 3.8) is 0 Å². The Morgan fingerprint density at radius 2 is 2.13 bits per heavy atom. The van der Waals surface area contributed by atoms with Crippen molar-refractivity contribution >= 4 is 0 Å². The lowest BCUT2D eigenvalue weighted by atomic mass is 10.1. The van der Waals surface area contributed by atoms with Crippen LogP contribution in [0.5, 0.6) is 5.75 Å². The van der Waals surface area contributed by atoms with Crippen LogP contribution in [0.25, 0.3) is 0 Å². The van der Waals surface area contributed by atoms with E-state index in [4.69, 9.17) is 15.2 Å². The second-order valence-electron chi connectivity index (χ2n) is 3.37. The van der Waals surface area contributed by atoms with E-state index >= 15 is 0 Å². The zero-order valence-corrected chi connectivity index (χ0v) is 9.45. The predicted molar refractivity (Wildman–Crippen MR) is 61.1 cm³/mol. The van der Waals surface area contributed by atoms with Crippen molar-refractivity contribution in [2.24, 2.45) is 5.73 Å². The summed E-state index contributed by atoms with van der Waals surface area (Å²) in [5, 5.41) is 0. The van der Waals surface area contributed by atoms with Crippen LogP contribution in [0.1, 0.15) is 18.1 Å². The highest BCUT2D eigenvalue weighted by atomic mass is 16.5. The summed E-state index contributed by atoms with van der Waals surface area (Å²) in [6.07, 6.45) is 0. The fourth-order valence-electron chi connectivity index (χ4n) is 1.39. The molecule has 3 nitrogen and oxygen atoms in total. The monoisotopic (exact) mass is 209 g/mol. The van der Waals surface area contributed by atoms with Gasteiger partial charge in [0.05, 0.1) is 19.8 Å². The van der Waals surface area contributed by atoms with Gasteiger partial charge in [0, 0.05) is 6.54 Å². The molecule has 0 aliphatic rings. The first kappa shape index (κ1) is 12.0. The smallest absolute Gasteiger partial charge is 0.122 e. The number of benzene rings is 1. The third-order valence-corrected chi connectivity index (χ3v) is 2.07. The molecule has 0 spiro atoms. The Morgan fingerprint density at radius 3 is 2.73 bits per heavy atom. The Balaban J connectivity index is 2.56. The largest absolute Gasteiger partial charge is 0.494 e. The van der Waals surface area contributed by atoms with E-state index in [2.05, 4.69) is 6.07 Å². The summed E-state index contributed by atoms with van der Waals surface area (Å²) in [7, 11) is 0. The van der Waals surface area contributed by atoms with E-state index < -0.39 is 0 Å². The average Bonchev–Trinajstić information content (AvgIpc) is 2.23. The zero-order valence-electron chi connectivity index (χ0n) is 9.45. The molecule has 0 unspecified atom stereocenters. The maximum absolute atomic E-state index is 5.46. The average molecular weight is 209 g/mol. The predicted octanol–water partition coefficient (Wildman–Crippen LogP) is 1.87. The fourth-order valence-corrected chi connectivity index (χ4v) is 1.39. The van der Waals surface area contributed by atoms with Gasteiger partial charge in [-0.2, -0.15) is 0 Å². The van der Waals surface area contributed by atoms with Gasteiger partial charge in [-0.15, -0.1) is 0 Å². The van der Waals surface area contributed by atoms with Crippen LogP contribution in [0.4, 0.5) is 0 Å². The molecular formula is C12H19NO2. The first-order chi connectivity index (χ1) is 7.27. The Labute approximate surface area is 91.2 Å². The van der Waals surface area contributed by atoms with Gasteiger partial charge in [-0.3, -0.25) is 0 Å². The van der Waals surface area contributed by atoms with Crippen LogP contribution in [0.2, 0.25) is 0 Å².